The lowest BCUT2D eigenvalue weighted by atomic mass is 9.98. The molecule has 2 aliphatic heterocycles. The molecule has 0 aromatic carbocycles. The van der Waals surface area contributed by atoms with E-state index >= 15 is 0 Å². The summed E-state index contributed by atoms with van der Waals surface area (Å²) in [4.78, 5) is 12.9. The molecule has 11 atom stereocenters. The van der Waals surface area contributed by atoms with Gasteiger partial charge in [0.05, 0.1) is 26.4 Å². The van der Waals surface area contributed by atoms with Crippen molar-refractivity contribution in [1.29, 1.82) is 0 Å². The number of allylic oxidation sites excluding steroid dienone is 4. The van der Waals surface area contributed by atoms with Crippen molar-refractivity contribution < 1.29 is 69.0 Å². The van der Waals surface area contributed by atoms with Gasteiger partial charge in [-0.2, -0.15) is 0 Å². The summed E-state index contributed by atoms with van der Waals surface area (Å²) in [5, 5.41) is 71.9. The van der Waals surface area contributed by atoms with E-state index < -0.39 is 80.7 Å². The van der Waals surface area contributed by atoms with Crippen molar-refractivity contribution in [3.8, 4) is 0 Å². The standard InChI is InChI=1S/C47H86O14/c1-3-5-7-9-11-13-15-17-18-20-22-24-26-28-30-39(49)59-36(33-56-31-29-27-25-23-21-19-16-14-12-10-8-6-4-2)34-57-46-45(55)43(53)41(51)38(61-46)35-58-47-44(54)42(52)40(50)37(32-48)60-47/h9,11,15,17,36-38,40-48,50-55H,3-8,10,12-14,16,18-35H2,1-2H3/b11-9-,17-15-. The Balaban J connectivity index is 1.81. The van der Waals surface area contributed by atoms with Gasteiger partial charge in [-0.25, -0.2) is 0 Å². The van der Waals surface area contributed by atoms with Crippen molar-refractivity contribution in [3.05, 3.63) is 24.3 Å². The average molecular weight is 875 g/mol. The van der Waals surface area contributed by atoms with Crippen molar-refractivity contribution in [3.63, 3.8) is 0 Å². The molecule has 0 spiro atoms. The van der Waals surface area contributed by atoms with Crippen LogP contribution in [0.15, 0.2) is 24.3 Å². The van der Waals surface area contributed by atoms with Crippen LogP contribution in [0.25, 0.3) is 0 Å². The fourth-order valence-corrected chi connectivity index (χ4v) is 7.48. The summed E-state index contributed by atoms with van der Waals surface area (Å²) in [5.74, 6) is -0.389. The van der Waals surface area contributed by atoms with Gasteiger partial charge in [0.2, 0.25) is 0 Å². The molecule has 0 aromatic rings. The fourth-order valence-electron chi connectivity index (χ4n) is 7.48. The molecule has 358 valence electrons. The molecule has 0 radical (unpaired) electrons. The van der Waals surface area contributed by atoms with Gasteiger partial charge in [-0.3, -0.25) is 4.79 Å². The summed E-state index contributed by atoms with van der Waals surface area (Å²) in [6, 6.07) is 0. The second kappa shape index (κ2) is 35.8. The van der Waals surface area contributed by atoms with Crippen LogP contribution in [0, 0.1) is 0 Å². The minimum Gasteiger partial charge on any atom is -0.457 e. The first-order chi connectivity index (χ1) is 29.6. The number of hydrogen-bond donors (Lipinski definition) is 7. The first-order valence-electron chi connectivity index (χ1n) is 23.9. The fraction of sp³-hybridized carbons (Fsp3) is 0.894. The van der Waals surface area contributed by atoms with Crippen LogP contribution in [0.3, 0.4) is 0 Å². The van der Waals surface area contributed by atoms with Gasteiger partial charge in [0.25, 0.3) is 0 Å². The number of carbonyl (C=O) groups excluding carboxylic acids is 1. The quantitative estimate of drug-likeness (QED) is 0.0215. The molecule has 11 unspecified atom stereocenters. The van der Waals surface area contributed by atoms with E-state index in [1.165, 1.54) is 77.0 Å². The molecule has 14 heteroatoms. The number of hydrogen-bond acceptors (Lipinski definition) is 14. The molecule has 0 bridgehead atoms. The Labute approximate surface area is 367 Å². The predicted molar refractivity (Wildman–Crippen MR) is 233 cm³/mol. The average Bonchev–Trinajstić information content (AvgIpc) is 3.25. The largest absolute Gasteiger partial charge is 0.457 e. The normalized spacial score (nSPS) is 27.6. The van der Waals surface area contributed by atoms with Gasteiger partial charge in [0.15, 0.2) is 12.6 Å². The molecular formula is C47H86O14. The van der Waals surface area contributed by atoms with E-state index in [1.807, 2.05) is 0 Å². The lowest BCUT2D eigenvalue weighted by Gasteiger charge is -2.42. The molecule has 2 fully saturated rings. The zero-order chi connectivity index (χ0) is 44.5. The summed E-state index contributed by atoms with van der Waals surface area (Å²) in [6.45, 7) is 3.63. The minimum atomic E-state index is -1.71. The highest BCUT2D eigenvalue weighted by Gasteiger charge is 2.47. The Hall–Kier alpha value is -1.53. The first kappa shape index (κ1) is 55.6. The zero-order valence-electron chi connectivity index (χ0n) is 37.7. The van der Waals surface area contributed by atoms with E-state index in [4.69, 9.17) is 28.4 Å². The van der Waals surface area contributed by atoms with Crippen LogP contribution < -0.4 is 0 Å². The van der Waals surface area contributed by atoms with Crippen molar-refractivity contribution >= 4 is 5.97 Å². The highest BCUT2D eigenvalue weighted by Crippen LogP contribution is 2.26. The topological polar surface area (TPSA) is 214 Å². The lowest BCUT2D eigenvalue weighted by molar-refractivity contribution is -0.332. The van der Waals surface area contributed by atoms with E-state index in [0.29, 0.717) is 13.0 Å². The van der Waals surface area contributed by atoms with Gasteiger partial charge >= 0.3 is 5.97 Å². The van der Waals surface area contributed by atoms with E-state index in [1.54, 1.807) is 0 Å². The maximum Gasteiger partial charge on any atom is 0.306 e. The van der Waals surface area contributed by atoms with Gasteiger partial charge in [-0.05, 0) is 38.5 Å². The van der Waals surface area contributed by atoms with Gasteiger partial charge in [-0.1, -0.05) is 147 Å². The molecule has 2 heterocycles. The second-order valence-corrected chi connectivity index (χ2v) is 16.9. The van der Waals surface area contributed by atoms with Gasteiger partial charge in [-0.15, -0.1) is 0 Å². The van der Waals surface area contributed by atoms with Gasteiger partial charge < -0.3 is 64.2 Å². The summed E-state index contributed by atoms with van der Waals surface area (Å²) in [6.07, 6.45) is 19.5. The highest BCUT2D eigenvalue weighted by atomic mass is 16.7. The Kier molecular flexibility index (Phi) is 32.6. The third-order valence-corrected chi connectivity index (χ3v) is 11.5. The molecule has 14 nitrogen and oxygen atoms in total. The third kappa shape index (κ3) is 24.4. The van der Waals surface area contributed by atoms with Gasteiger partial charge in [0, 0.05) is 13.0 Å². The van der Waals surface area contributed by atoms with Crippen molar-refractivity contribution in [2.24, 2.45) is 0 Å². The highest BCUT2D eigenvalue weighted by molar-refractivity contribution is 5.69. The molecule has 2 aliphatic rings. The second-order valence-electron chi connectivity index (χ2n) is 16.9. The number of rotatable bonds is 37. The SMILES string of the molecule is CCCC/C=C\C/C=C\CCCCCCCC(=O)OC(COCCCCCCCCCCCCCCC)COC1OC(COC2OC(CO)C(O)C(O)C2O)C(O)C(O)C1O. The van der Waals surface area contributed by atoms with Crippen LogP contribution in [-0.2, 0) is 33.2 Å². The van der Waals surface area contributed by atoms with Crippen LogP contribution in [-0.4, -0.2) is 142 Å². The predicted octanol–water partition coefficient (Wildman–Crippen LogP) is 6.07. The molecule has 2 rings (SSSR count). The van der Waals surface area contributed by atoms with Crippen LogP contribution >= 0.6 is 0 Å². The molecule has 61 heavy (non-hydrogen) atoms. The van der Waals surface area contributed by atoms with Crippen molar-refractivity contribution in [1.82, 2.24) is 0 Å². The number of esters is 1. The van der Waals surface area contributed by atoms with Gasteiger partial charge in [0.1, 0.15) is 54.9 Å². The molecule has 0 amide bonds. The maximum atomic E-state index is 12.9. The maximum absolute atomic E-state index is 12.9. The van der Waals surface area contributed by atoms with E-state index in [-0.39, 0.29) is 25.6 Å². The Bertz CT molecular complexity index is 1110. The minimum absolute atomic E-state index is 0.0592. The van der Waals surface area contributed by atoms with Crippen molar-refractivity contribution in [2.45, 2.75) is 235 Å². The Morgan fingerprint density at radius 3 is 1.62 bits per heavy atom. The summed E-state index contributed by atoms with van der Waals surface area (Å²) in [5.41, 5.74) is 0. The smallest absolute Gasteiger partial charge is 0.306 e. The molecule has 2 saturated heterocycles. The number of aliphatic hydroxyl groups excluding tert-OH is 7. The lowest BCUT2D eigenvalue weighted by Crippen LogP contribution is -2.61. The number of aliphatic hydroxyl groups is 7. The molecule has 7 N–H and O–H groups in total. The first-order valence-corrected chi connectivity index (χ1v) is 23.9. The molecular weight excluding hydrogens is 789 g/mol. The monoisotopic (exact) mass is 875 g/mol. The zero-order valence-corrected chi connectivity index (χ0v) is 37.7. The number of unbranched alkanes of at least 4 members (excludes halogenated alkanes) is 19. The van der Waals surface area contributed by atoms with Crippen LogP contribution in [0.1, 0.15) is 168 Å². The third-order valence-electron chi connectivity index (χ3n) is 11.5. The molecule has 0 aromatic heterocycles. The van der Waals surface area contributed by atoms with Crippen LogP contribution in [0.4, 0.5) is 0 Å². The summed E-state index contributed by atoms with van der Waals surface area (Å²) < 4.78 is 34.2. The van der Waals surface area contributed by atoms with Crippen molar-refractivity contribution in [2.75, 3.05) is 33.0 Å². The number of ether oxygens (including phenoxy) is 6. The Morgan fingerprint density at radius 1 is 0.541 bits per heavy atom. The van der Waals surface area contributed by atoms with Crippen LogP contribution in [0.2, 0.25) is 0 Å². The summed E-state index contributed by atoms with van der Waals surface area (Å²) in [7, 11) is 0. The van der Waals surface area contributed by atoms with Crippen LogP contribution in [0.5, 0.6) is 0 Å². The molecule has 0 saturated carbocycles. The van der Waals surface area contributed by atoms with E-state index in [0.717, 1.165) is 64.2 Å². The Morgan fingerprint density at radius 2 is 1.03 bits per heavy atom. The molecule has 0 aliphatic carbocycles. The number of carbonyl (C=O) groups is 1. The summed E-state index contributed by atoms with van der Waals surface area (Å²) >= 11 is 0. The van der Waals surface area contributed by atoms with E-state index in [2.05, 4.69) is 38.2 Å². The van der Waals surface area contributed by atoms with E-state index in [9.17, 15) is 40.5 Å².